The third-order valence-corrected chi connectivity index (χ3v) is 8.01. The van der Waals surface area contributed by atoms with Gasteiger partial charge in [0.2, 0.25) is 0 Å². The maximum Gasteiger partial charge on any atom is 0.269 e. The highest BCUT2D eigenvalue weighted by Crippen LogP contribution is 2.30. The van der Waals surface area contributed by atoms with Crippen LogP contribution in [0.2, 0.25) is 5.02 Å². The van der Waals surface area contributed by atoms with Gasteiger partial charge in [-0.1, -0.05) is 22.2 Å². The number of nitrogens with zero attached hydrogens (tertiary/aromatic N) is 5. The normalized spacial score (nSPS) is 16.1. The Morgan fingerprint density at radius 1 is 0.923 bits per heavy atom. The first-order chi connectivity index (χ1) is 18.9. The summed E-state index contributed by atoms with van der Waals surface area (Å²) < 4.78 is 3.88. The number of benzene rings is 2. The van der Waals surface area contributed by atoms with Crippen LogP contribution in [0.5, 0.6) is 0 Å². The molecule has 0 aliphatic carbocycles. The van der Waals surface area contributed by atoms with Gasteiger partial charge in [-0.15, -0.1) is 5.10 Å². The monoisotopic (exact) mass is 567 g/mol. The Labute approximate surface area is 236 Å². The number of piperazine rings is 1. The number of hydrogen-bond donors (Lipinski definition) is 2. The molecule has 2 saturated heterocycles. The highest BCUT2D eigenvalue weighted by Gasteiger charge is 2.25. The average Bonchev–Trinajstić information content (AvgIpc) is 3.24. The molecular weight excluding hydrogens is 538 g/mol. The lowest BCUT2D eigenvalue weighted by Gasteiger charge is -2.29. The second kappa shape index (κ2) is 12.1. The van der Waals surface area contributed by atoms with Gasteiger partial charge in [0.25, 0.3) is 17.7 Å². The van der Waals surface area contributed by atoms with Gasteiger partial charge in [-0.05, 0) is 61.3 Å². The Morgan fingerprint density at radius 2 is 1.67 bits per heavy atom. The van der Waals surface area contributed by atoms with Crippen LogP contribution in [0, 0.1) is 6.92 Å². The quantitative estimate of drug-likeness (QED) is 0.487. The van der Waals surface area contributed by atoms with Crippen molar-refractivity contribution < 1.29 is 14.4 Å². The SMILES string of the molecule is Cc1nnsc1C(=O)Nc1cc(C(=O)N2CCNCC2)ccc1N1CCCN(C(=O)c2cccc(Cl)c2)CC1. The summed E-state index contributed by atoms with van der Waals surface area (Å²) in [6.45, 7) is 6.90. The Morgan fingerprint density at radius 3 is 2.38 bits per heavy atom. The summed E-state index contributed by atoms with van der Waals surface area (Å²) in [5.74, 6) is -0.440. The molecule has 12 heteroatoms. The third kappa shape index (κ3) is 6.21. The predicted molar refractivity (Wildman–Crippen MR) is 152 cm³/mol. The molecule has 2 fully saturated rings. The first-order valence-corrected chi connectivity index (χ1v) is 14.1. The number of nitrogens with one attached hydrogen (secondary N) is 2. The predicted octanol–water partition coefficient (Wildman–Crippen LogP) is 3.15. The number of carbonyl (C=O) groups is 3. The molecule has 0 radical (unpaired) electrons. The summed E-state index contributed by atoms with van der Waals surface area (Å²) in [6.07, 6.45) is 0.749. The van der Waals surface area contributed by atoms with E-state index in [0.717, 1.165) is 36.7 Å². The zero-order valence-electron chi connectivity index (χ0n) is 21.7. The molecule has 39 heavy (non-hydrogen) atoms. The molecule has 0 spiro atoms. The standard InChI is InChI=1S/C27H30ClN7O3S/c1-18-24(39-32-31-18)25(36)30-22-17-20(27(38)35-12-8-29-9-13-35)6-7-23(22)33-10-3-11-34(15-14-33)26(37)19-4-2-5-21(28)16-19/h2,4-7,16-17,29H,3,8-15H2,1H3,(H,30,36). The minimum atomic E-state index is -0.317. The van der Waals surface area contributed by atoms with Crippen LogP contribution in [-0.2, 0) is 0 Å². The van der Waals surface area contributed by atoms with Gasteiger partial charge in [-0.2, -0.15) is 0 Å². The highest BCUT2D eigenvalue weighted by atomic mass is 35.5. The molecule has 0 bridgehead atoms. The number of rotatable bonds is 5. The molecule has 3 aromatic rings. The lowest BCUT2D eigenvalue weighted by Crippen LogP contribution is -2.46. The lowest BCUT2D eigenvalue weighted by molar-refractivity contribution is 0.0734. The van der Waals surface area contributed by atoms with Crippen molar-refractivity contribution in [3.8, 4) is 0 Å². The number of aryl methyl sites for hydroxylation is 1. The van der Waals surface area contributed by atoms with Gasteiger partial charge in [0.1, 0.15) is 4.88 Å². The first kappa shape index (κ1) is 27.0. The van der Waals surface area contributed by atoms with E-state index in [1.54, 1.807) is 37.3 Å². The summed E-state index contributed by atoms with van der Waals surface area (Å²) in [5.41, 5.74) is 2.98. The maximum absolute atomic E-state index is 13.2. The molecular formula is C27H30ClN7O3S. The molecule has 5 rings (SSSR count). The smallest absolute Gasteiger partial charge is 0.269 e. The van der Waals surface area contributed by atoms with Gasteiger partial charge < -0.3 is 25.3 Å². The van der Waals surface area contributed by atoms with Crippen LogP contribution >= 0.6 is 23.1 Å². The van der Waals surface area contributed by atoms with Gasteiger partial charge in [-0.3, -0.25) is 14.4 Å². The highest BCUT2D eigenvalue weighted by molar-refractivity contribution is 7.08. The largest absolute Gasteiger partial charge is 0.368 e. The van der Waals surface area contributed by atoms with E-state index in [1.165, 1.54) is 0 Å². The minimum Gasteiger partial charge on any atom is -0.368 e. The van der Waals surface area contributed by atoms with Gasteiger partial charge in [0.15, 0.2) is 0 Å². The number of hydrogen-bond acceptors (Lipinski definition) is 8. The molecule has 2 aliphatic rings. The third-order valence-electron chi connectivity index (χ3n) is 6.95. The van der Waals surface area contributed by atoms with Crippen LogP contribution in [0.1, 0.15) is 42.5 Å². The van der Waals surface area contributed by atoms with E-state index in [0.29, 0.717) is 71.7 Å². The summed E-state index contributed by atoms with van der Waals surface area (Å²) >= 11 is 7.14. The van der Waals surface area contributed by atoms with Crippen molar-refractivity contribution in [2.45, 2.75) is 13.3 Å². The van der Waals surface area contributed by atoms with Gasteiger partial charge in [0, 0.05) is 68.5 Å². The number of halogens is 1. The number of anilines is 2. The molecule has 3 heterocycles. The van der Waals surface area contributed by atoms with Gasteiger partial charge in [0.05, 0.1) is 17.1 Å². The van der Waals surface area contributed by atoms with E-state index >= 15 is 0 Å². The zero-order valence-corrected chi connectivity index (χ0v) is 23.2. The zero-order chi connectivity index (χ0) is 27.4. The van der Waals surface area contributed by atoms with Crippen LogP contribution in [0.15, 0.2) is 42.5 Å². The fraction of sp³-hybridized carbons (Fsp3) is 0.370. The van der Waals surface area contributed by atoms with E-state index in [9.17, 15) is 14.4 Å². The molecule has 0 unspecified atom stereocenters. The second-order valence-electron chi connectivity index (χ2n) is 9.56. The van der Waals surface area contributed by atoms with Crippen molar-refractivity contribution in [2.24, 2.45) is 0 Å². The second-order valence-corrected chi connectivity index (χ2v) is 10.7. The minimum absolute atomic E-state index is 0.0574. The molecule has 2 aromatic carbocycles. The number of aromatic nitrogens is 2. The maximum atomic E-state index is 13.2. The Balaban J connectivity index is 1.39. The lowest BCUT2D eigenvalue weighted by atomic mass is 10.1. The van der Waals surface area contributed by atoms with Crippen molar-refractivity contribution in [1.29, 1.82) is 0 Å². The van der Waals surface area contributed by atoms with E-state index in [1.807, 2.05) is 21.9 Å². The van der Waals surface area contributed by atoms with Gasteiger partial charge in [-0.25, -0.2) is 0 Å². The van der Waals surface area contributed by atoms with E-state index in [-0.39, 0.29) is 17.7 Å². The van der Waals surface area contributed by atoms with E-state index < -0.39 is 0 Å². The van der Waals surface area contributed by atoms with Crippen LogP contribution in [0.4, 0.5) is 11.4 Å². The summed E-state index contributed by atoms with van der Waals surface area (Å²) in [5, 5.41) is 10.7. The van der Waals surface area contributed by atoms with Crippen molar-refractivity contribution in [3.63, 3.8) is 0 Å². The fourth-order valence-corrected chi connectivity index (χ4v) is 5.62. The Hall–Kier alpha value is -3.54. The molecule has 0 atom stereocenters. The van der Waals surface area contributed by atoms with Crippen molar-refractivity contribution >= 4 is 52.2 Å². The molecule has 3 amide bonds. The summed E-state index contributed by atoms with van der Waals surface area (Å²) in [6, 6.07) is 12.4. The molecule has 0 saturated carbocycles. The van der Waals surface area contributed by atoms with Crippen LogP contribution in [0.3, 0.4) is 0 Å². The molecule has 2 N–H and O–H groups in total. The van der Waals surface area contributed by atoms with Crippen molar-refractivity contribution in [3.05, 3.63) is 69.2 Å². The Bertz CT molecular complexity index is 1370. The Kier molecular flexibility index (Phi) is 8.39. The topological polar surface area (TPSA) is 111 Å². The number of carbonyl (C=O) groups excluding carboxylic acids is 3. The molecule has 2 aliphatic heterocycles. The van der Waals surface area contributed by atoms with Crippen LogP contribution in [-0.4, -0.2) is 89.5 Å². The van der Waals surface area contributed by atoms with E-state index in [4.69, 9.17) is 11.6 Å². The van der Waals surface area contributed by atoms with Crippen molar-refractivity contribution in [2.75, 3.05) is 62.6 Å². The van der Waals surface area contributed by atoms with Crippen LogP contribution < -0.4 is 15.5 Å². The summed E-state index contributed by atoms with van der Waals surface area (Å²) in [7, 11) is 0. The average molecular weight is 568 g/mol. The first-order valence-electron chi connectivity index (χ1n) is 12.9. The summed E-state index contributed by atoms with van der Waals surface area (Å²) in [4.78, 5) is 45.7. The van der Waals surface area contributed by atoms with Gasteiger partial charge >= 0.3 is 0 Å². The number of amides is 3. The van der Waals surface area contributed by atoms with Crippen molar-refractivity contribution in [1.82, 2.24) is 24.7 Å². The molecule has 1 aromatic heterocycles. The van der Waals surface area contributed by atoms with Crippen LogP contribution in [0.25, 0.3) is 0 Å². The van der Waals surface area contributed by atoms with E-state index in [2.05, 4.69) is 25.1 Å². The fourth-order valence-electron chi connectivity index (χ4n) is 4.88. The molecule has 204 valence electrons. The molecule has 10 nitrogen and oxygen atoms in total.